The Kier molecular flexibility index (Phi) is 6.57. The average Bonchev–Trinajstić information content (AvgIpc) is 2.42. The lowest BCUT2D eigenvalue weighted by Crippen LogP contribution is -2.34. The van der Waals surface area contributed by atoms with E-state index in [0.717, 1.165) is 19.3 Å². The lowest BCUT2D eigenvalue weighted by Gasteiger charge is -2.24. The lowest BCUT2D eigenvalue weighted by atomic mass is 9.88. The summed E-state index contributed by atoms with van der Waals surface area (Å²) < 4.78 is 0. The van der Waals surface area contributed by atoms with Crippen LogP contribution in [-0.2, 0) is 11.2 Å². The first-order valence-electron chi connectivity index (χ1n) is 6.95. The van der Waals surface area contributed by atoms with Gasteiger partial charge in [-0.15, -0.1) is 0 Å². The molecule has 0 spiro atoms. The molecule has 0 aliphatic heterocycles. The Morgan fingerprint density at radius 3 is 2.58 bits per heavy atom. The monoisotopic (exact) mass is 263 g/mol. The smallest absolute Gasteiger partial charge is 0.220 e. The number of carbonyl (C=O) groups excluding carboxylic acids is 1. The minimum Gasteiger partial charge on any atom is -0.396 e. The zero-order valence-electron chi connectivity index (χ0n) is 12.0. The molecular weight excluding hydrogens is 238 g/mol. The molecule has 0 fully saturated rings. The van der Waals surface area contributed by atoms with Crippen molar-refractivity contribution >= 4 is 5.91 Å². The summed E-state index contributed by atoms with van der Waals surface area (Å²) >= 11 is 0. The molecule has 0 aliphatic rings. The van der Waals surface area contributed by atoms with Crippen molar-refractivity contribution in [1.29, 1.82) is 0 Å². The van der Waals surface area contributed by atoms with Crippen molar-refractivity contribution in [3.63, 3.8) is 0 Å². The minimum absolute atomic E-state index is 0.0468. The van der Waals surface area contributed by atoms with Crippen molar-refractivity contribution in [1.82, 2.24) is 5.32 Å². The molecule has 106 valence electrons. The average molecular weight is 263 g/mol. The number of carbonyl (C=O) groups is 1. The van der Waals surface area contributed by atoms with Crippen LogP contribution in [0.15, 0.2) is 30.3 Å². The molecule has 19 heavy (non-hydrogen) atoms. The van der Waals surface area contributed by atoms with Crippen LogP contribution < -0.4 is 5.32 Å². The Labute approximate surface area is 116 Å². The van der Waals surface area contributed by atoms with Crippen LogP contribution in [0.2, 0.25) is 0 Å². The molecule has 1 rings (SSSR count). The van der Waals surface area contributed by atoms with Gasteiger partial charge in [-0.3, -0.25) is 4.79 Å². The second kappa shape index (κ2) is 7.95. The van der Waals surface area contributed by atoms with Gasteiger partial charge in [-0.2, -0.15) is 0 Å². The molecule has 0 saturated heterocycles. The second-order valence-corrected chi connectivity index (χ2v) is 5.75. The number of rotatable bonds is 8. The zero-order valence-corrected chi connectivity index (χ0v) is 12.0. The van der Waals surface area contributed by atoms with Gasteiger partial charge in [-0.1, -0.05) is 44.2 Å². The molecule has 1 aromatic rings. The maximum absolute atomic E-state index is 11.8. The summed E-state index contributed by atoms with van der Waals surface area (Å²) in [5.74, 6) is 0.0981. The maximum Gasteiger partial charge on any atom is 0.220 e. The van der Waals surface area contributed by atoms with E-state index in [1.807, 2.05) is 30.3 Å². The number of benzene rings is 1. The molecule has 0 radical (unpaired) electrons. The molecule has 0 unspecified atom stereocenters. The van der Waals surface area contributed by atoms with Crippen LogP contribution in [0.3, 0.4) is 0 Å². The Morgan fingerprint density at radius 2 is 1.95 bits per heavy atom. The van der Waals surface area contributed by atoms with Crippen LogP contribution in [0.4, 0.5) is 0 Å². The predicted molar refractivity (Wildman–Crippen MR) is 77.9 cm³/mol. The van der Waals surface area contributed by atoms with Crippen molar-refractivity contribution in [3.8, 4) is 0 Å². The first kappa shape index (κ1) is 15.7. The van der Waals surface area contributed by atoms with E-state index >= 15 is 0 Å². The van der Waals surface area contributed by atoms with Crippen LogP contribution >= 0.6 is 0 Å². The number of hydrogen-bond acceptors (Lipinski definition) is 2. The summed E-state index contributed by atoms with van der Waals surface area (Å²) in [6.07, 6.45) is 3.01. The number of aryl methyl sites for hydroxylation is 1. The quantitative estimate of drug-likeness (QED) is 0.757. The highest BCUT2D eigenvalue weighted by molar-refractivity contribution is 5.76. The van der Waals surface area contributed by atoms with Crippen LogP contribution in [-0.4, -0.2) is 24.2 Å². The van der Waals surface area contributed by atoms with Gasteiger partial charge in [0.2, 0.25) is 5.91 Å². The Hall–Kier alpha value is -1.35. The summed E-state index contributed by atoms with van der Waals surface area (Å²) in [5.41, 5.74) is 1.24. The van der Waals surface area contributed by atoms with Crippen molar-refractivity contribution in [3.05, 3.63) is 35.9 Å². The summed E-state index contributed by atoms with van der Waals surface area (Å²) in [5, 5.41) is 11.8. The van der Waals surface area contributed by atoms with Crippen molar-refractivity contribution in [2.75, 3.05) is 13.2 Å². The van der Waals surface area contributed by atoms with Crippen molar-refractivity contribution in [2.45, 2.75) is 39.5 Å². The molecule has 3 heteroatoms. The number of hydrogen-bond donors (Lipinski definition) is 2. The van der Waals surface area contributed by atoms with Gasteiger partial charge in [0.25, 0.3) is 0 Å². The fraction of sp³-hybridized carbons (Fsp3) is 0.562. The van der Waals surface area contributed by atoms with E-state index < -0.39 is 0 Å². The predicted octanol–water partition coefficient (Wildman–Crippen LogP) is 2.53. The van der Waals surface area contributed by atoms with E-state index in [-0.39, 0.29) is 17.9 Å². The van der Waals surface area contributed by atoms with Crippen LogP contribution in [0.5, 0.6) is 0 Å². The Morgan fingerprint density at radius 1 is 1.26 bits per heavy atom. The van der Waals surface area contributed by atoms with Crippen LogP contribution in [0, 0.1) is 5.41 Å². The fourth-order valence-corrected chi connectivity index (χ4v) is 1.97. The second-order valence-electron chi connectivity index (χ2n) is 5.75. The van der Waals surface area contributed by atoms with Crippen molar-refractivity contribution < 1.29 is 9.90 Å². The SMILES string of the molecule is CC(C)(CCCO)CNC(=O)CCc1ccccc1. The molecule has 0 bridgehead atoms. The molecule has 0 heterocycles. The van der Waals surface area contributed by atoms with Crippen LogP contribution in [0.1, 0.15) is 38.7 Å². The lowest BCUT2D eigenvalue weighted by molar-refractivity contribution is -0.121. The molecule has 1 aromatic carbocycles. The van der Waals surface area contributed by atoms with Gasteiger partial charge in [0.05, 0.1) is 0 Å². The van der Waals surface area contributed by atoms with Crippen LogP contribution in [0.25, 0.3) is 0 Å². The van der Waals surface area contributed by atoms with E-state index in [0.29, 0.717) is 13.0 Å². The van der Waals surface area contributed by atoms with Crippen molar-refractivity contribution in [2.24, 2.45) is 5.41 Å². The number of aliphatic hydroxyl groups excluding tert-OH is 1. The topological polar surface area (TPSA) is 49.3 Å². The first-order chi connectivity index (χ1) is 9.03. The van der Waals surface area contributed by atoms with Gasteiger partial charge in [0.1, 0.15) is 0 Å². The van der Waals surface area contributed by atoms with Gasteiger partial charge >= 0.3 is 0 Å². The molecule has 0 aromatic heterocycles. The highest BCUT2D eigenvalue weighted by Crippen LogP contribution is 2.20. The molecule has 3 nitrogen and oxygen atoms in total. The third-order valence-electron chi connectivity index (χ3n) is 3.26. The summed E-state index contributed by atoms with van der Waals surface area (Å²) in [7, 11) is 0. The molecular formula is C16H25NO2. The van der Waals surface area contributed by atoms with Gasteiger partial charge in [0.15, 0.2) is 0 Å². The van der Waals surface area contributed by atoms with E-state index in [1.165, 1.54) is 5.56 Å². The number of aliphatic hydroxyl groups is 1. The molecule has 1 amide bonds. The van der Waals surface area contributed by atoms with E-state index in [9.17, 15) is 4.79 Å². The third-order valence-corrected chi connectivity index (χ3v) is 3.26. The molecule has 0 saturated carbocycles. The third kappa shape index (κ3) is 6.97. The van der Waals surface area contributed by atoms with Gasteiger partial charge < -0.3 is 10.4 Å². The Balaban J connectivity index is 2.24. The summed E-state index contributed by atoms with van der Waals surface area (Å²) in [6.45, 7) is 5.10. The molecule has 0 atom stereocenters. The first-order valence-corrected chi connectivity index (χ1v) is 6.95. The molecule has 2 N–H and O–H groups in total. The van der Waals surface area contributed by atoms with E-state index in [1.54, 1.807) is 0 Å². The summed E-state index contributed by atoms with van der Waals surface area (Å²) in [4.78, 5) is 11.8. The highest BCUT2D eigenvalue weighted by atomic mass is 16.2. The number of nitrogens with one attached hydrogen (secondary N) is 1. The standard InChI is InChI=1S/C16H25NO2/c1-16(2,11-6-12-18)13-17-15(19)10-9-14-7-4-3-5-8-14/h3-5,7-8,18H,6,9-13H2,1-2H3,(H,17,19). The zero-order chi connectivity index (χ0) is 14.1. The Bertz CT molecular complexity index is 374. The van der Waals surface area contributed by atoms with E-state index in [2.05, 4.69) is 19.2 Å². The number of amides is 1. The largest absolute Gasteiger partial charge is 0.396 e. The molecule has 0 aliphatic carbocycles. The van der Waals surface area contributed by atoms with Gasteiger partial charge in [0, 0.05) is 19.6 Å². The normalized spacial score (nSPS) is 11.3. The maximum atomic E-state index is 11.8. The fourth-order valence-electron chi connectivity index (χ4n) is 1.97. The van der Waals surface area contributed by atoms with Gasteiger partial charge in [-0.25, -0.2) is 0 Å². The minimum atomic E-state index is 0.0468. The summed E-state index contributed by atoms with van der Waals surface area (Å²) in [6, 6.07) is 10.0. The van der Waals surface area contributed by atoms with Gasteiger partial charge in [-0.05, 0) is 30.2 Å². The van der Waals surface area contributed by atoms with E-state index in [4.69, 9.17) is 5.11 Å². The highest BCUT2D eigenvalue weighted by Gasteiger charge is 2.18.